The SMILES string of the molecule is CC(C)c1ccc(C#N)c(=O)n1Cc1ccc(C(=O)O)o1. The highest BCUT2D eigenvalue weighted by molar-refractivity contribution is 5.84. The van der Waals surface area contributed by atoms with Crippen molar-refractivity contribution < 1.29 is 14.3 Å². The topological polar surface area (TPSA) is 96.2 Å². The molecule has 2 rings (SSSR count). The van der Waals surface area contributed by atoms with Gasteiger partial charge in [-0.2, -0.15) is 5.26 Å². The molecule has 6 heteroatoms. The molecule has 0 aliphatic heterocycles. The molecule has 0 saturated heterocycles. The Bertz CT molecular complexity index is 778. The minimum atomic E-state index is -1.16. The lowest BCUT2D eigenvalue weighted by molar-refractivity contribution is 0.0660. The maximum absolute atomic E-state index is 12.3. The van der Waals surface area contributed by atoms with Gasteiger partial charge in [-0.1, -0.05) is 13.8 Å². The zero-order valence-corrected chi connectivity index (χ0v) is 11.7. The van der Waals surface area contributed by atoms with Crippen LogP contribution in [0.2, 0.25) is 0 Å². The van der Waals surface area contributed by atoms with Crippen LogP contribution in [0, 0.1) is 11.3 Å². The molecule has 0 fully saturated rings. The molecule has 0 bridgehead atoms. The molecule has 2 aromatic rings. The summed E-state index contributed by atoms with van der Waals surface area (Å²) in [5.74, 6) is -0.908. The first-order valence-electron chi connectivity index (χ1n) is 6.40. The largest absolute Gasteiger partial charge is 0.475 e. The normalized spacial score (nSPS) is 10.6. The van der Waals surface area contributed by atoms with Crippen LogP contribution in [0.4, 0.5) is 0 Å². The molecule has 0 aliphatic rings. The predicted molar refractivity (Wildman–Crippen MR) is 74.3 cm³/mol. The average molecular weight is 286 g/mol. The molecule has 0 amide bonds. The van der Waals surface area contributed by atoms with Gasteiger partial charge in [0.1, 0.15) is 17.4 Å². The molecule has 0 atom stereocenters. The van der Waals surface area contributed by atoms with Crippen LogP contribution in [0.5, 0.6) is 0 Å². The number of nitriles is 1. The van der Waals surface area contributed by atoms with E-state index in [-0.39, 0.29) is 23.8 Å². The zero-order valence-electron chi connectivity index (χ0n) is 11.7. The third-order valence-electron chi connectivity index (χ3n) is 3.11. The van der Waals surface area contributed by atoms with E-state index in [0.717, 1.165) is 5.69 Å². The molecule has 108 valence electrons. The van der Waals surface area contributed by atoms with Gasteiger partial charge < -0.3 is 14.1 Å². The van der Waals surface area contributed by atoms with Gasteiger partial charge in [0.05, 0.1) is 6.54 Å². The zero-order chi connectivity index (χ0) is 15.6. The first-order valence-corrected chi connectivity index (χ1v) is 6.40. The summed E-state index contributed by atoms with van der Waals surface area (Å²) in [7, 11) is 0. The van der Waals surface area contributed by atoms with Gasteiger partial charge in [0.2, 0.25) is 5.76 Å². The Hall–Kier alpha value is -2.81. The minimum absolute atomic E-state index is 0.0458. The van der Waals surface area contributed by atoms with Crippen molar-refractivity contribution in [2.45, 2.75) is 26.3 Å². The lowest BCUT2D eigenvalue weighted by Crippen LogP contribution is -2.26. The fourth-order valence-corrected chi connectivity index (χ4v) is 2.08. The third kappa shape index (κ3) is 2.87. The smallest absolute Gasteiger partial charge is 0.371 e. The van der Waals surface area contributed by atoms with Crippen LogP contribution in [0.1, 0.15) is 47.3 Å². The number of carbonyl (C=O) groups is 1. The standard InChI is InChI=1S/C15H14N2O4/c1-9(2)12-5-3-10(7-16)14(18)17(12)8-11-4-6-13(21-11)15(19)20/h3-6,9H,8H2,1-2H3,(H,19,20). The molecular weight excluding hydrogens is 272 g/mol. The Morgan fingerprint density at radius 1 is 1.38 bits per heavy atom. The van der Waals surface area contributed by atoms with Gasteiger partial charge in [-0.25, -0.2) is 4.79 Å². The van der Waals surface area contributed by atoms with Crippen molar-refractivity contribution in [3.63, 3.8) is 0 Å². The number of hydrogen-bond donors (Lipinski definition) is 1. The maximum Gasteiger partial charge on any atom is 0.371 e. The molecule has 2 heterocycles. The van der Waals surface area contributed by atoms with Gasteiger partial charge in [0.25, 0.3) is 5.56 Å². The molecule has 0 radical (unpaired) electrons. The summed E-state index contributed by atoms with van der Waals surface area (Å²) in [6, 6.07) is 7.93. The van der Waals surface area contributed by atoms with E-state index in [1.54, 1.807) is 6.07 Å². The Kier molecular flexibility index (Phi) is 3.94. The van der Waals surface area contributed by atoms with Crippen molar-refractivity contribution in [2.24, 2.45) is 0 Å². The van der Waals surface area contributed by atoms with E-state index in [1.165, 1.54) is 22.8 Å². The Labute approximate surface area is 120 Å². The van der Waals surface area contributed by atoms with Crippen molar-refractivity contribution in [3.8, 4) is 6.07 Å². The molecule has 0 aromatic carbocycles. The van der Waals surface area contributed by atoms with E-state index in [4.69, 9.17) is 14.8 Å². The molecule has 2 aromatic heterocycles. The molecule has 0 unspecified atom stereocenters. The van der Waals surface area contributed by atoms with Crippen molar-refractivity contribution >= 4 is 5.97 Å². The second-order valence-electron chi connectivity index (χ2n) is 4.90. The Morgan fingerprint density at radius 2 is 2.10 bits per heavy atom. The number of furan rings is 1. The monoisotopic (exact) mass is 286 g/mol. The summed E-state index contributed by atoms with van der Waals surface area (Å²) < 4.78 is 6.61. The summed E-state index contributed by atoms with van der Waals surface area (Å²) in [4.78, 5) is 23.1. The van der Waals surface area contributed by atoms with Crippen LogP contribution in [0.3, 0.4) is 0 Å². The van der Waals surface area contributed by atoms with E-state index in [9.17, 15) is 9.59 Å². The van der Waals surface area contributed by atoms with Gasteiger partial charge in [-0.15, -0.1) is 0 Å². The van der Waals surface area contributed by atoms with E-state index in [2.05, 4.69) is 0 Å². The highest BCUT2D eigenvalue weighted by Gasteiger charge is 2.15. The number of carboxylic acids is 1. The molecule has 0 spiro atoms. The molecule has 6 nitrogen and oxygen atoms in total. The summed E-state index contributed by atoms with van der Waals surface area (Å²) in [5, 5.41) is 17.8. The maximum atomic E-state index is 12.3. The summed E-state index contributed by atoms with van der Waals surface area (Å²) >= 11 is 0. The highest BCUT2D eigenvalue weighted by Crippen LogP contribution is 2.16. The lowest BCUT2D eigenvalue weighted by atomic mass is 10.1. The van der Waals surface area contributed by atoms with Crippen LogP contribution in [-0.2, 0) is 6.54 Å². The quantitative estimate of drug-likeness (QED) is 0.929. The summed E-state index contributed by atoms with van der Waals surface area (Å²) in [6.45, 7) is 3.96. The lowest BCUT2D eigenvalue weighted by Gasteiger charge is -2.14. The molecule has 21 heavy (non-hydrogen) atoms. The Morgan fingerprint density at radius 3 is 2.62 bits per heavy atom. The van der Waals surface area contributed by atoms with Gasteiger partial charge in [0, 0.05) is 5.69 Å². The fraction of sp³-hybridized carbons (Fsp3) is 0.267. The van der Waals surface area contributed by atoms with Crippen LogP contribution < -0.4 is 5.56 Å². The van der Waals surface area contributed by atoms with Crippen molar-refractivity contribution in [3.05, 3.63) is 57.4 Å². The minimum Gasteiger partial charge on any atom is -0.475 e. The van der Waals surface area contributed by atoms with Gasteiger partial charge >= 0.3 is 5.97 Å². The van der Waals surface area contributed by atoms with E-state index in [1.807, 2.05) is 19.9 Å². The number of carboxylic acid groups (broad SMARTS) is 1. The first-order chi connectivity index (χ1) is 9.93. The number of aromatic carboxylic acids is 1. The number of hydrogen-bond acceptors (Lipinski definition) is 4. The number of nitrogens with zero attached hydrogens (tertiary/aromatic N) is 2. The van der Waals surface area contributed by atoms with Crippen LogP contribution >= 0.6 is 0 Å². The number of pyridine rings is 1. The van der Waals surface area contributed by atoms with Crippen molar-refractivity contribution in [1.29, 1.82) is 5.26 Å². The van der Waals surface area contributed by atoms with Crippen LogP contribution in [-0.4, -0.2) is 15.6 Å². The third-order valence-corrected chi connectivity index (χ3v) is 3.11. The summed E-state index contributed by atoms with van der Waals surface area (Å²) in [5.41, 5.74) is 0.397. The predicted octanol–water partition coefficient (Wildman–Crippen LogP) is 2.18. The molecule has 1 N–H and O–H groups in total. The number of rotatable bonds is 4. The molecule has 0 aliphatic carbocycles. The van der Waals surface area contributed by atoms with Gasteiger partial charge in [-0.3, -0.25) is 4.79 Å². The van der Waals surface area contributed by atoms with E-state index in [0.29, 0.717) is 5.76 Å². The van der Waals surface area contributed by atoms with E-state index >= 15 is 0 Å². The second kappa shape index (κ2) is 5.67. The second-order valence-corrected chi connectivity index (χ2v) is 4.90. The fourth-order valence-electron chi connectivity index (χ4n) is 2.08. The number of aromatic nitrogens is 1. The highest BCUT2D eigenvalue weighted by atomic mass is 16.4. The Balaban J connectivity index is 2.49. The molecule has 0 saturated carbocycles. The first kappa shape index (κ1) is 14.6. The average Bonchev–Trinajstić information content (AvgIpc) is 2.89. The van der Waals surface area contributed by atoms with Crippen LogP contribution in [0.15, 0.2) is 33.5 Å². The van der Waals surface area contributed by atoms with Crippen LogP contribution in [0.25, 0.3) is 0 Å². The van der Waals surface area contributed by atoms with E-state index < -0.39 is 11.5 Å². The summed E-state index contributed by atoms with van der Waals surface area (Å²) in [6.07, 6.45) is 0. The van der Waals surface area contributed by atoms with Crippen molar-refractivity contribution in [1.82, 2.24) is 4.57 Å². The molecular formula is C15H14N2O4. The van der Waals surface area contributed by atoms with Gasteiger partial charge in [-0.05, 0) is 30.2 Å². The van der Waals surface area contributed by atoms with Crippen molar-refractivity contribution in [2.75, 3.05) is 0 Å². The van der Waals surface area contributed by atoms with Gasteiger partial charge in [0.15, 0.2) is 0 Å².